The number of para-hydroxylation sites is 1. The average Bonchev–Trinajstić information content (AvgIpc) is 3.12. The van der Waals surface area contributed by atoms with Gasteiger partial charge < -0.3 is 4.90 Å². The van der Waals surface area contributed by atoms with E-state index in [1.807, 2.05) is 0 Å². The maximum Gasteiger partial charge on any atom is 0.0534 e. The first-order valence-corrected chi connectivity index (χ1v) is 14.6. The Morgan fingerprint density at radius 3 is 2.33 bits per heavy atom. The van der Waals surface area contributed by atoms with Gasteiger partial charge >= 0.3 is 0 Å². The zero-order valence-corrected chi connectivity index (χ0v) is 23.4. The van der Waals surface area contributed by atoms with Crippen molar-refractivity contribution in [3.05, 3.63) is 148 Å². The molecule has 0 spiro atoms. The summed E-state index contributed by atoms with van der Waals surface area (Å²) in [5, 5.41) is 0. The molecular weight excluding hydrogens is 482 g/mol. The molecule has 3 aliphatic carbocycles. The average molecular weight is 516 g/mol. The molecule has 0 radical (unpaired) electrons. The van der Waals surface area contributed by atoms with E-state index in [0.717, 1.165) is 12.8 Å². The molecule has 194 valence electrons. The third-order valence-electron chi connectivity index (χ3n) is 9.41. The van der Waals surface area contributed by atoms with Gasteiger partial charge in [0, 0.05) is 28.8 Å². The molecule has 0 N–H and O–H groups in total. The van der Waals surface area contributed by atoms with Crippen molar-refractivity contribution in [3.8, 4) is 11.1 Å². The van der Waals surface area contributed by atoms with Crippen LogP contribution in [0.1, 0.15) is 55.9 Å². The molecule has 4 aromatic rings. The van der Waals surface area contributed by atoms with E-state index < -0.39 is 0 Å². The lowest BCUT2D eigenvalue weighted by atomic mass is 9.62. The smallest absolute Gasteiger partial charge is 0.0534 e. The van der Waals surface area contributed by atoms with Crippen molar-refractivity contribution in [2.75, 3.05) is 4.90 Å². The highest BCUT2D eigenvalue weighted by molar-refractivity contribution is 6.09. The number of rotatable bonds is 2. The van der Waals surface area contributed by atoms with E-state index in [9.17, 15) is 0 Å². The molecule has 4 aliphatic rings. The van der Waals surface area contributed by atoms with E-state index in [1.54, 1.807) is 5.57 Å². The summed E-state index contributed by atoms with van der Waals surface area (Å²) in [6.45, 7) is 7.19. The highest BCUT2D eigenvalue weighted by Gasteiger charge is 2.41. The maximum absolute atomic E-state index is 2.49. The topological polar surface area (TPSA) is 3.24 Å². The van der Waals surface area contributed by atoms with E-state index in [-0.39, 0.29) is 5.41 Å². The fraction of sp³-hybridized carbons (Fsp3) is 0.179. The minimum Gasteiger partial charge on any atom is -0.313 e. The number of allylic oxidation sites excluding steroid dienone is 6. The lowest BCUT2D eigenvalue weighted by Crippen LogP contribution is -2.29. The van der Waals surface area contributed by atoms with E-state index in [0.29, 0.717) is 5.92 Å². The van der Waals surface area contributed by atoms with Gasteiger partial charge in [-0.15, -0.1) is 0 Å². The molecule has 2 bridgehead atoms. The van der Waals surface area contributed by atoms with Crippen molar-refractivity contribution in [3.63, 3.8) is 0 Å². The van der Waals surface area contributed by atoms with E-state index in [1.165, 1.54) is 67.2 Å². The van der Waals surface area contributed by atoms with Gasteiger partial charge in [0.15, 0.2) is 0 Å². The van der Waals surface area contributed by atoms with Gasteiger partial charge in [0.2, 0.25) is 0 Å². The summed E-state index contributed by atoms with van der Waals surface area (Å²) in [5.41, 5.74) is 17.9. The highest BCUT2D eigenvalue weighted by atomic mass is 15.2. The summed E-state index contributed by atoms with van der Waals surface area (Å²) in [6, 6.07) is 35.7. The monoisotopic (exact) mass is 515 g/mol. The molecule has 40 heavy (non-hydrogen) atoms. The highest BCUT2D eigenvalue weighted by Crippen LogP contribution is 2.58. The van der Waals surface area contributed by atoms with Crippen LogP contribution in [0.3, 0.4) is 0 Å². The molecule has 1 nitrogen and oxygen atoms in total. The van der Waals surface area contributed by atoms with Crippen molar-refractivity contribution >= 4 is 28.6 Å². The van der Waals surface area contributed by atoms with Crippen LogP contribution >= 0.6 is 0 Å². The Bertz CT molecular complexity index is 1810. The Labute approximate surface area is 237 Å². The van der Waals surface area contributed by atoms with Gasteiger partial charge in [-0.05, 0) is 86.7 Å². The van der Waals surface area contributed by atoms with Gasteiger partial charge in [-0.2, -0.15) is 0 Å². The van der Waals surface area contributed by atoms with Crippen molar-refractivity contribution in [2.45, 2.75) is 39.0 Å². The van der Waals surface area contributed by atoms with Crippen LogP contribution in [0, 0.1) is 5.92 Å². The molecule has 1 heteroatoms. The minimum atomic E-state index is -0.0230. The van der Waals surface area contributed by atoms with Crippen molar-refractivity contribution < 1.29 is 0 Å². The largest absolute Gasteiger partial charge is 0.313 e. The number of hydrogen-bond donors (Lipinski definition) is 0. The first-order chi connectivity index (χ1) is 19.5. The second kappa shape index (κ2) is 8.57. The van der Waals surface area contributed by atoms with Crippen LogP contribution in [0.4, 0.5) is 11.4 Å². The predicted molar refractivity (Wildman–Crippen MR) is 169 cm³/mol. The molecule has 1 heterocycles. The second-order valence-electron chi connectivity index (χ2n) is 12.3. The Hall–Kier alpha value is -4.36. The molecule has 1 atom stereocenters. The molecule has 0 amide bonds. The van der Waals surface area contributed by atoms with Crippen LogP contribution in [-0.4, -0.2) is 0 Å². The van der Waals surface area contributed by atoms with Crippen LogP contribution in [0.25, 0.3) is 28.3 Å². The number of fused-ring (bicyclic) bond motifs is 5. The fourth-order valence-corrected chi connectivity index (χ4v) is 7.49. The van der Waals surface area contributed by atoms with Crippen LogP contribution < -0.4 is 4.90 Å². The molecule has 0 saturated heterocycles. The van der Waals surface area contributed by atoms with Gasteiger partial charge in [-0.25, -0.2) is 0 Å². The van der Waals surface area contributed by atoms with Gasteiger partial charge in [-0.1, -0.05) is 112 Å². The van der Waals surface area contributed by atoms with Crippen LogP contribution in [0.2, 0.25) is 0 Å². The van der Waals surface area contributed by atoms with E-state index >= 15 is 0 Å². The summed E-state index contributed by atoms with van der Waals surface area (Å²) in [6.07, 6.45) is 9.34. The zero-order valence-electron chi connectivity index (χ0n) is 23.4. The fourth-order valence-electron chi connectivity index (χ4n) is 7.49. The normalized spacial score (nSPS) is 19.9. The summed E-state index contributed by atoms with van der Waals surface area (Å²) in [5.74, 6) is 0.547. The van der Waals surface area contributed by atoms with Gasteiger partial charge in [-0.3, -0.25) is 0 Å². The number of benzene rings is 4. The molecule has 0 aromatic heterocycles. The third-order valence-corrected chi connectivity index (χ3v) is 9.41. The minimum absolute atomic E-state index is 0.0230. The molecule has 1 aliphatic heterocycles. The van der Waals surface area contributed by atoms with Gasteiger partial charge in [0.1, 0.15) is 0 Å². The van der Waals surface area contributed by atoms with E-state index in [4.69, 9.17) is 0 Å². The van der Waals surface area contributed by atoms with Crippen LogP contribution in [-0.2, 0) is 5.41 Å². The van der Waals surface area contributed by atoms with Crippen LogP contribution in [0.5, 0.6) is 0 Å². The standard InChI is InChI=1S/C39H33N/c1-25-16-21-34-33(22-25)38-32-24-30(23-28-12-9-14-35(37(28)38)39(34,2)3)40(36-15-8-7-13-31(32)36)29-19-17-27(18-20-29)26-10-5-4-6-11-26/h4-21,23,25H,22,24H2,1-3H3. The van der Waals surface area contributed by atoms with Gasteiger partial charge in [0.05, 0.1) is 5.69 Å². The Morgan fingerprint density at radius 1 is 0.750 bits per heavy atom. The SMILES string of the molecule is CC1C=CC2=C(C1)C1=C3CC(=Cc4cccc(c41)C2(C)C)N(c1ccc(-c2ccccc2)cc1)c1ccccc13. The molecule has 4 aromatic carbocycles. The number of nitrogens with zero attached hydrogens (tertiary/aromatic N) is 1. The Balaban J connectivity index is 1.38. The summed E-state index contributed by atoms with van der Waals surface area (Å²) in [4.78, 5) is 2.49. The Morgan fingerprint density at radius 2 is 1.50 bits per heavy atom. The maximum atomic E-state index is 2.49. The van der Waals surface area contributed by atoms with E-state index in [2.05, 4.69) is 141 Å². The first-order valence-electron chi connectivity index (χ1n) is 14.6. The summed E-state index contributed by atoms with van der Waals surface area (Å²) >= 11 is 0. The number of anilines is 2. The zero-order chi connectivity index (χ0) is 27.0. The second-order valence-corrected chi connectivity index (χ2v) is 12.3. The lowest BCUT2D eigenvalue weighted by molar-refractivity contribution is 0.597. The quantitative estimate of drug-likeness (QED) is 0.257. The van der Waals surface area contributed by atoms with Crippen LogP contribution in [0.15, 0.2) is 126 Å². The molecule has 1 unspecified atom stereocenters. The lowest BCUT2D eigenvalue weighted by Gasteiger charge is -2.42. The molecule has 0 saturated carbocycles. The van der Waals surface area contributed by atoms with Crippen molar-refractivity contribution in [2.24, 2.45) is 5.92 Å². The van der Waals surface area contributed by atoms with Crippen molar-refractivity contribution in [1.29, 1.82) is 0 Å². The third kappa shape index (κ3) is 3.34. The Kier molecular flexibility index (Phi) is 5.04. The summed E-state index contributed by atoms with van der Waals surface area (Å²) in [7, 11) is 0. The predicted octanol–water partition coefficient (Wildman–Crippen LogP) is 10.3. The van der Waals surface area contributed by atoms with Gasteiger partial charge in [0.25, 0.3) is 0 Å². The number of hydrogen-bond acceptors (Lipinski definition) is 1. The van der Waals surface area contributed by atoms with Crippen molar-refractivity contribution in [1.82, 2.24) is 0 Å². The molecular formula is C39H33N. The summed E-state index contributed by atoms with van der Waals surface area (Å²) < 4.78 is 0. The molecule has 8 rings (SSSR count). The molecule has 0 fully saturated rings. The first kappa shape index (κ1) is 23.5.